The lowest BCUT2D eigenvalue weighted by Gasteiger charge is -2.17. The summed E-state index contributed by atoms with van der Waals surface area (Å²) in [4.78, 5) is 26.1. The van der Waals surface area contributed by atoms with Crippen LogP contribution in [0.5, 0.6) is 17.2 Å². The van der Waals surface area contributed by atoms with E-state index in [1.165, 1.54) is 24.3 Å². The maximum Gasteiger partial charge on any atom is 0.487 e. The van der Waals surface area contributed by atoms with Crippen molar-refractivity contribution < 1.29 is 32.6 Å². The van der Waals surface area contributed by atoms with Crippen molar-refractivity contribution in [1.82, 2.24) is 5.32 Å². The highest BCUT2D eigenvalue weighted by molar-refractivity contribution is 6.22. The molecule has 2 aromatic carbocycles. The molecule has 0 saturated carbocycles. The van der Waals surface area contributed by atoms with Gasteiger partial charge in [-0.1, -0.05) is 6.07 Å². The lowest BCUT2D eigenvalue weighted by molar-refractivity contribution is -0.121. The fourth-order valence-corrected chi connectivity index (χ4v) is 3.38. The van der Waals surface area contributed by atoms with Gasteiger partial charge >= 0.3 is 5.57 Å². The van der Waals surface area contributed by atoms with Gasteiger partial charge in [0, 0.05) is 11.6 Å². The van der Waals surface area contributed by atoms with Crippen LogP contribution < -0.4 is 24.4 Å². The zero-order valence-corrected chi connectivity index (χ0v) is 17.6. The number of anilines is 1. The number of ether oxygens (including phenoxy) is 3. The standard InChI is InChI=1S/C21H21ClF2N2O5/c1-29-17-8-3-13(11-18(17)30-2)9-10-25-16-12-19(27)26(20(16)28)14-4-6-15(7-5-14)31-21(22,23)24/h3-8,11,16,25H,9-10,12H2,1-2H3/t16-/m0/s1. The van der Waals surface area contributed by atoms with Crippen LogP contribution in [0.25, 0.3) is 0 Å². The van der Waals surface area contributed by atoms with E-state index in [1.54, 1.807) is 20.3 Å². The Kier molecular flexibility index (Phi) is 6.97. The van der Waals surface area contributed by atoms with Crippen molar-refractivity contribution in [3.05, 3.63) is 48.0 Å². The number of hydrogen-bond donors (Lipinski definition) is 1. The normalized spacial score (nSPS) is 16.5. The molecular formula is C21H21ClF2N2O5. The molecule has 10 heteroatoms. The predicted octanol–water partition coefficient (Wildman–Crippen LogP) is 3.34. The van der Waals surface area contributed by atoms with Gasteiger partial charge in [0.2, 0.25) is 5.91 Å². The van der Waals surface area contributed by atoms with Gasteiger partial charge in [-0.05, 0) is 54.9 Å². The third-order valence-electron chi connectivity index (χ3n) is 4.73. The summed E-state index contributed by atoms with van der Waals surface area (Å²) >= 11 is 4.73. The van der Waals surface area contributed by atoms with E-state index in [2.05, 4.69) is 10.1 Å². The van der Waals surface area contributed by atoms with Crippen molar-refractivity contribution >= 4 is 29.1 Å². The molecule has 1 aliphatic heterocycles. The number of rotatable bonds is 9. The molecule has 1 N–H and O–H groups in total. The molecule has 166 valence electrons. The monoisotopic (exact) mass is 454 g/mol. The van der Waals surface area contributed by atoms with E-state index in [9.17, 15) is 18.4 Å². The Hall–Kier alpha value is -2.91. The molecule has 1 atom stereocenters. The number of carbonyl (C=O) groups is 2. The number of alkyl halides is 3. The molecule has 0 aromatic heterocycles. The summed E-state index contributed by atoms with van der Waals surface area (Å²) in [5.41, 5.74) is -2.60. The summed E-state index contributed by atoms with van der Waals surface area (Å²) in [6.45, 7) is 0.463. The zero-order valence-electron chi connectivity index (χ0n) is 16.9. The second-order valence-electron chi connectivity index (χ2n) is 6.76. The number of nitrogens with one attached hydrogen (secondary N) is 1. The molecule has 2 aromatic rings. The third-order valence-corrected chi connectivity index (χ3v) is 4.80. The summed E-state index contributed by atoms with van der Waals surface area (Å²) in [6.07, 6.45) is 0.611. The topological polar surface area (TPSA) is 77.1 Å². The van der Waals surface area contributed by atoms with Gasteiger partial charge < -0.3 is 19.5 Å². The lowest BCUT2D eigenvalue weighted by Crippen LogP contribution is -2.39. The molecule has 3 rings (SSSR count). The maximum absolute atomic E-state index is 12.7. The summed E-state index contributed by atoms with van der Waals surface area (Å²) in [5.74, 6) is 0.251. The molecule has 2 amide bonds. The van der Waals surface area contributed by atoms with E-state index in [-0.39, 0.29) is 23.8 Å². The highest BCUT2D eigenvalue weighted by atomic mass is 35.5. The van der Waals surface area contributed by atoms with E-state index in [0.717, 1.165) is 10.5 Å². The third kappa shape index (κ3) is 5.62. The average molecular weight is 455 g/mol. The van der Waals surface area contributed by atoms with Crippen LogP contribution in [-0.4, -0.2) is 44.2 Å². The molecule has 0 radical (unpaired) electrons. The molecule has 0 aliphatic carbocycles. The summed E-state index contributed by atoms with van der Waals surface area (Å²) in [7, 11) is 3.11. The molecule has 1 aliphatic rings. The Morgan fingerprint density at radius 2 is 1.77 bits per heavy atom. The first-order valence-corrected chi connectivity index (χ1v) is 9.76. The fraction of sp³-hybridized carbons (Fsp3) is 0.333. The molecule has 0 bridgehead atoms. The second-order valence-corrected chi connectivity index (χ2v) is 7.20. The van der Waals surface area contributed by atoms with Crippen molar-refractivity contribution in [3.63, 3.8) is 0 Å². The minimum absolute atomic E-state index is 0.00275. The Morgan fingerprint density at radius 3 is 2.39 bits per heavy atom. The zero-order chi connectivity index (χ0) is 22.6. The minimum atomic E-state index is -3.84. The Balaban J connectivity index is 1.59. The molecule has 1 saturated heterocycles. The maximum atomic E-state index is 12.7. The van der Waals surface area contributed by atoms with E-state index in [0.29, 0.717) is 24.5 Å². The molecular weight excluding hydrogens is 434 g/mol. The average Bonchev–Trinajstić information content (AvgIpc) is 3.00. The van der Waals surface area contributed by atoms with Crippen LogP contribution in [0, 0.1) is 0 Å². The van der Waals surface area contributed by atoms with E-state index in [1.807, 2.05) is 12.1 Å². The van der Waals surface area contributed by atoms with Crippen LogP contribution >= 0.6 is 11.6 Å². The van der Waals surface area contributed by atoms with Crippen LogP contribution in [0.15, 0.2) is 42.5 Å². The molecule has 0 unspecified atom stereocenters. The smallest absolute Gasteiger partial charge is 0.487 e. The number of carbonyl (C=O) groups excluding carboxylic acids is 2. The van der Waals surface area contributed by atoms with Gasteiger partial charge in [-0.25, -0.2) is 4.90 Å². The molecule has 1 heterocycles. The lowest BCUT2D eigenvalue weighted by atomic mass is 10.1. The fourth-order valence-electron chi connectivity index (χ4n) is 3.29. The van der Waals surface area contributed by atoms with Crippen LogP contribution in [-0.2, 0) is 16.0 Å². The van der Waals surface area contributed by atoms with Crippen molar-refractivity contribution in [3.8, 4) is 17.2 Å². The van der Waals surface area contributed by atoms with Gasteiger partial charge in [0.25, 0.3) is 5.91 Å². The summed E-state index contributed by atoms with van der Waals surface area (Å²) in [5, 5.41) is 3.09. The van der Waals surface area contributed by atoms with Gasteiger partial charge in [-0.2, -0.15) is 0 Å². The number of amides is 2. The first-order chi connectivity index (χ1) is 14.7. The van der Waals surface area contributed by atoms with E-state index in [4.69, 9.17) is 21.1 Å². The first kappa shape index (κ1) is 22.8. The minimum Gasteiger partial charge on any atom is -0.493 e. The second kappa shape index (κ2) is 9.49. The largest absolute Gasteiger partial charge is 0.493 e. The van der Waals surface area contributed by atoms with E-state index >= 15 is 0 Å². The van der Waals surface area contributed by atoms with Gasteiger partial charge in [0.1, 0.15) is 5.75 Å². The highest BCUT2D eigenvalue weighted by Crippen LogP contribution is 2.30. The molecule has 7 nitrogen and oxygen atoms in total. The van der Waals surface area contributed by atoms with Gasteiger partial charge in [-0.15, -0.1) is 8.78 Å². The van der Waals surface area contributed by atoms with Gasteiger partial charge in [-0.3, -0.25) is 9.59 Å². The van der Waals surface area contributed by atoms with Crippen molar-refractivity contribution in [2.45, 2.75) is 24.5 Å². The number of nitrogens with zero attached hydrogens (tertiary/aromatic N) is 1. The number of methoxy groups -OCH3 is 2. The van der Waals surface area contributed by atoms with Crippen LogP contribution in [0.2, 0.25) is 0 Å². The number of imide groups is 1. The van der Waals surface area contributed by atoms with Gasteiger partial charge in [0.05, 0.1) is 32.4 Å². The first-order valence-electron chi connectivity index (χ1n) is 9.38. The highest BCUT2D eigenvalue weighted by Gasteiger charge is 2.39. The predicted molar refractivity (Wildman–Crippen MR) is 110 cm³/mol. The number of hydrogen-bond acceptors (Lipinski definition) is 6. The van der Waals surface area contributed by atoms with Crippen molar-refractivity contribution in [2.24, 2.45) is 0 Å². The molecule has 31 heavy (non-hydrogen) atoms. The quantitative estimate of drug-likeness (QED) is 0.462. The van der Waals surface area contributed by atoms with Crippen LogP contribution in [0.3, 0.4) is 0 Å². The summed E-state index contributed by atoms with van der Waals surface area (Å²) in [6, 6.07) is 9.99. The number of halogens is 3. The summed E-state index contributed by atoms with van der Waals surface area (Å²) < 4.78 is 40.1. The molecule has 0 spiro atoms. The van der Waals surface area contributed by atoms with Crippen LogP contribution in [0.1, 0.15) is 12.0 Å². The van der Waals surface area contributed by atoms with E-state index < -0.39 is 17.5 Å². The Labute approximate surface area is 182 Å². The Bertz CT molecular complexity index is 950. The molecule has 1 fully saturated rings. The number of benzene rings is 2. The van der Waals surface area contributed by atoms with Crippen LogP contribution in [0.4, 0.5) is 14.5 Å². The van der Waals surface area contributed by atoms with Crippen molar-refractivity contribution in [1.29, 1.82) is 0 Å². The Morgan fingerprint density at radius 1 is 1.10 bits per heavy atom. The SMILES string of the molecule is COc1ccc(CCN[C@H]2CC(=O)N(c3ccc(OC(F)(F)Cl)cc3)C2=O)cc1OC. The van der Waals surface area contributed by atoms with Gasteiger partial charge in [0.15, 0.2) is 11.5 Å². The van der Waals surface area contributed by atoms with Crippen molar-refractivity contribution in [2.75, 3.05) is 25.7 Å².